The number of hydrogen-bond acceptors (Lipinski definition) is 1. The molecular formula is C10H12FN. The Morgan fingerprint density at radius 2 is 2.17 bits per heavy atom. The van der Waals surface area contributed by atoms with Gasteiger partial charge in [-0.2, -0.15) is 0 Å². The van der Waals surface area contributed by atoms with Crippen molar-refractivity contribution >= 4 is 0 Å². The molecule has 0 atom stereocenters. The first-order valence-corrected chi connectivity index (χ1v) is 4.21. The van der Waals surface area contributed by atoms with Gasteiger partial charge >= 0.3 is 0 Å². The molecule has 1 aromatic rings. The fourth-order valence-corrected chi connectivity index (χ4v) is 1.66. The van der Waals surface area contributed by atoms with Crippen LogP contribution < -0.4 is 0 Å². The minimum Gasteiger partial charge on any atom is -0.302 e. The molecule has 2 rings (SSSR count). The molecule has 0 aliphatic carbocycles. The van der Waals surface area contributed by atoms with E-state index in [0.717, 1.165) is 19.5 Å². The van der Waals surface area contributed by atoms with Crippen LogP contribution >= 0.6 is 0 Å². The lowest BCUT2D eigenvalue weighted by Crippen LogP contribution is -2.26. The normalized spacial score (nSPS) is 17.5. The van der Waals surface area contributed by atoms with Gasteiger partial charge in [0.2, 0.25) is 0 Å². The van der Waals surface area contributed by atoms with Crippen molar-refractivity contribution in [3.63, 3.8) is 0 Å². The van der Waals surface area contributed by atoms with Gasteiger partial charge in [-0.1, -0.05) is 6.07 Å². The summed E-state index contributed by atoms with van der Waals surface area (Å²) in [5, 5.41) is 0. The monoisotopic (exact) mass is 165 g/mol. The maximum absolute atomic E-state index is 12.8. The number of hydrogen-bond donors (Lipinski definition) is 0. The molecule has 64 valence electrons. The summed E-state index contributed by atoms with van der Waals surface area (Å²) in [6.07, 6.45) is 0.976. The van der Waals surface area contributed by atoms with Crippen molar-refractivity contribution in [3.8, 4) is 0 Å². The zero-order valence-corrected chi connectivity index (χ0v) is 7.18. The molecule has 0 amide bonds. The largest absolute Gasteiger partial charge is 0.302 e. The van der Waals surface area contributed by atoms with Gasteiger partial charge in [-0.05, 0) is 36.7 Å². The Morgan fingerprint density at radius 3 is 3.00 bits per heavy atom. The molecule has 1 aliphatic heterocycles. The summed E-state index contributed by atoms with van der Waals surface area (Å²) in [6.45, 7) is 1.99. The summed E-state index contributed by atoms with van der Waals surface area (Å²) in [4.78, 5) is 2.25. The lowest BCUT2D eigenvalue weighted by atomic mass is 10.0. The number of benzene rings is 1. The molecule has 1 aliphatic rings. The molecule has 0 saturated heterocycles. The standard InChI is InChI=1S/C10H12FN/c1-12-5-4-8-6-10(11)3-2-9(8)7-12/h2-3,6H,4-5,7H2,1H3. The Balaban J connectivity index is 2.37. The second kappa shape index (κ2) is 2.87. The van der Waals surface area contributed by atoms with Crippen LogP contribution in [0.5, 0.6) is 0 Å². The van der Waals surface area contributed by atoms with Crippen molar-refractivity contribution in [1.29, 1.82) is 0 Å². The number of nitrogens with zero attached hydrogens (tertiary/aromatic N) is 1. The Hall–Kier alpha value is -0.890. The number of rotatable bonds is 0. The summed E-state index contributed by atoms with van der Waals surface area (Å²) in [7, 11) is 2.09. The second-order valence-electron chi connectivity index (χ2n) is 3.40. The van der Waals surface area contributed by atoms with E-state index in [-0.39, 0.29) is 5.82 Å². The second-order valence-corrected chi connectivity index (χ2v) is 3.40. The molecule has 2 heteroatoms. The van der Waals surface area contributed by atoms with E-state index >= 15 is 0 Å². The van der Waals surface area contributed by atoms with E-state index in [1.165, 1.54) is 17.2 Å². The summed E-state index contributed by atoms with van der Waals surface area (Å²) in [5.74, 6) is -0.113. The average Bonchev–Trinajstić information content (AvgIpc) is 2.05. The lowest BCUT2D eigenvalue weighted by Gasteiger charge is -2.24. The first-order valence-electron chi connectivity index (χ1n) is 4.21. The lowest BCUT2D eigenvalue weighted by molar-refractivity contribution is 0.312. The molecule has 0 N–H and O–H groups in total. The van der Waals surface area contributed by atoms with E-state index in [1.54, 1.807) is 6.07 Å². The molecule has 0 spiro atoms. The highest BCUT2D eigenvalue weighted by molar-refractivity contribution is 5.29. The molecule has 0 aromatic heterocycles. The molecule has 0 unspecified atom stereocenters. The summed E-state index contributed by atoms with van der Waals surface area (Å²) < 4.78 is 12.8. The molecule has 0 saturated carbocycles. The average molecular weight is 165 g/mol. The van der Waals surface area contributed by atoms with Crippen LogP contribution in [0, 0.1) is 5.82 Å². The highest BCUT2D eigenvalue weighted by atomic mass is 19.1. The van der Waals surface area contributed by atoms with Gasteiger partial charge in [0.15, 0.2) is 0 Å². The third-order valence-electron chi connectivity index (χ3n) is 2.37. The fourth-order valence-electron chi connectivity index (χ4n) is 1.66. The molecule has 1 heterocycles. The van der Waals surface area contributed by atoms with Crippen molar-refractivity contribution < 1.29 is 4.39 Å². The van der Waals surface area contributed by atoms with E-state index < -0.39 is 0 Å². The van der Waals surface area contributed by atoms with Gasteiger partial charge in [0.05, 0.1) is 0 Å². The minimum atomic E-state index is -0.113. The zero-order valence-electron chi connectivity index (χ0n) is 7.18. The van der Waals surface area contributed by atoms with E-state index in [4.69, 9.17) is 0 Å². The van der Waals surface area contributed by atoms with Crippen LogP contribution in [-0.4, -0.2) is 18.5 Å². The molecule has 0 bridgehead atoms. The van der Waals surface area contributed by atoms with E-state index in [0.29, 0.717) is 0 Å². The van der Waals surface area contributed by atoms with Gasteiger partial charge in [-0.3, -0.25) is 0 Å². The quantitative estimate of drug-likeness (QED) is 0.566. The predicted octanol–water partition coefficient (Wildman–Crippen LogP) is 1.81. The zero-order chi connectivity index (χ0) is 8.55. The smallest absolute Gasteiger partial charge is 0.123 e. The van der Waals surface area contributed by atoms with Crippen molar-refractivity contribution in [2.75, 3.05) is 13.6 Å². The number of halogens is 1. The van der Waals surface area contributed by atoms with Crippen molar-refractivity contribution in [2.45, 2.75) is 13.0 Å². The van der Waals surface area contributed by atoms with Crippen LogP contribution in [0.2, 0.25) is 0 Å². The Labute approximate surface area is 71.8 Å². The maximum Gasteiger partial charge on any atom is 0.123 e. The van der Waals surface area contributed by atoms with Gasteiger partial charge in [0, 0.05) is 13.1 Å². The third kappa shape index (κ3) is 1.34. The van der Waals surface area contributed by atoms with Gasteiger partial charge in [-0.15, -0.1) is 0 Å². The van der Waals surface area contributed by atoms with Gasteiger partial charge in [0.25, 0.3) is 0 Å². The molecule has 12 heavy (non-hydrogen) atoms. The Kier molecular flexibility index (Phi) is 1.85. The maximum atomic E-state index is 12.8. The Morgan fingerprint density at radius 1 is 1.33 bits per heavy atom. The molecule has 1 nitrogen and oxygen atoms in total. The molecule has 1 aromatic carbocycles. The van der Waals surface area contributed by atoms with Crippen LogP contribution in [-0.2, 0) is 13.0 Å². The summed E-state index contributed by atoms with van der Waals surface area (Å²) in [6, 6.07) is 5.08. The molecule has 0 radical (unpaired) electrons. The minimum absolute atomic E-state index is 0.113. The molecule has 0 fully saturated rings. The predicted molar refractivity (Wildman–Crippen MR) is 46.4 cm³/mol. The third-order valence-corrected chi connectivity index (χ3v) is 2.37. The van der Waals surface area contributed by atoms with Gasteiger partial charge in [-0.25, -0.2) is 4.39 Å². The van der Waals surface area contributed by atoms with E-state index in [2.05, 4.69) is 11.9 Å². The SMILES string of the molecule is CN1CCc2cc(F)ccc2C1. The topological polar surface area (TPSA) is 3.24 Å². The van der Waals surface area contributed by atoms with Gasteiger partial charge < -0.3 is 4.90 Å². The summed E-state index contributed by atoms with van der Waals surface area (Å²) in [5.41, 5.74) is 2.44. The fraction of sp³-hybridized carbons (Fsp3) is 0.400. The van der Waals surface area contributed by atoms with E-state index in [1.807, 2.05) is 6.07 Å². The van der Waals surface area contributed by atoms with Crippen molar-refractivity contribution in [3.05, 3.63) is 35.1 Å². The highest BCUT2D eigenvalue weighted by Crippen LogP contribution is 2.18. The van der Waals surface area contributed by atoms with Crippen molar-refractivity contribution in [1.82, 2.24) is 4.90 Å². The van der Waals surface area contributed by atoms with E-state index in [9.17, 15) is 4.39 Å². The van der Waals surface area contributed by atoms with Gasteiger partial charge in [0.1, 0.15) is 5.82 Å². The number of fused-ring (bicyclic) bond motifs is 1. The molecular weight excluding hydrogens is 153 g/mol. The highest BCUT2D eigenvalue weighted by Gasteiger charge is 2.12. The Bertz CT molecular complexity index is 296. The van der Waals surface area contributed by atoms with Crippen molar-refractivity contribution in [2.24, 2.45) is 0 Å². The van der Waals surface area contributed by atoms with Crippen LogP contribution in [0.1, 0.15) is 11.1 Å². The summed E-state index contributed by atoms with van der Waals surface area (Å²) >= 11 is 0. The first-order chi connectivity index (χ1) is 5.75. The van der Waals surface area contributed by atoms with Crippen LogP contribution in [0.3, 0.4) is 0 Å². The van der Waals surface area contributed by atoms with Crippen LogP contribution in [0.4, 0.5) is 4.39 Å². The first kappa shape index (κ1) is 7.74. The van der Waals surface area contributed by atoms with Crippen LogP contribution in [0.25, 0.3) is 0 Å². The number of likely N-dealkylation sites (N-methyl/N-ethyl adjacent to an activating group) is 1. The van der Waals surface area contributed by atoms with Crippen LogP contribution in [0.15, 0.2) is 18.2 Å².